The zero-order valence-corrected chi connectivity index (χ0v) is 12.2. The average Bonchev–Trinajstić information content (AvgIpc) is 2.42. The summed E-state index contributed by atoms with van der Waals surface area (Å²) >= 11 is 5.88. The van der Waals surface area contributed by atoms with E-state index in [9.17, 15) is 14.0 Å². The molecule has 3 amide bonds. The molecule has 0 heterocycles. The second kappa shape index (κ2) is 6.91. The summed E-state index contributed by atoms with van der Waals surface area (Å²) in [4.78, 5) is 22.8. The van der Waals surface area contributed by atoms with E-state index in [1.165, 1.54) is 24.3 Å². The van der Waals surface area contributed by atoms with Gasteiger partial charge in [-0.05, 0) is 30.3 Å². The largest absolute Gasteiger partial charge is 0.351 e. The van der Waals surface area contributed by atoms with E-state index in [0.29, 0.717) is 11.4 Å². The van der Waals surface area contributed by atoms with Gasteiger partial charge in [-0.1, -0.05) is 23.7 Å². The minimum absolute atomic E-state index is 0.132. The van der Waals surface area contributed by atoms with Crippen molar-refractivity contribution < 1.29 is 14.0 Å². The molecule has 0 bridgehead atoms. The van der Waals surface area contributed by atoms with Crippen molar-refractivity contribution in [2.24, 2.45) is 5.73 Å². The number of primary amides is 1. The molecule has 0 unspecified atom stereocenters. The minimum Gasteiger partial charge on any atom is -0.351 e. The maximum absolute atomic E-state index is 13.6. The van der Waals surface area contributed by atoms with Gasteiger partial charge in [-0.15, -0.1) is 0 Å². The van der Waals surface area contributed by atoms with Crippen LogP contribution in [0.15, 0.2) is 42.5 Å². The van der Waals surface area contributed by atoms with Crippen molar-refractivity contribution >= 4 is 34.9 Å². The molecule has 2 rings (SSSR count). The van der Waals surface area contributed by atoms with Crippen molar-refractivity contribution in [1.29, 1.82) is 0 Å². The lowest BCUT2D eigenvalue weighted by atomic mass is 10.1. The first-order valence-electron chi connectivity index (χ1n) is 6.35. The monoisotopic (exact) mass is 321 g/mol. The van der Waals surface area contributed by atoms with Gasteiger partial charge in [0.2, 0.25) is 5.91 Å². The number of nitrogens with one attached hydrogen (secondary N) is 2. The maximum Gasteiger partial charge on any atom is 0.316 e. The third-order valence-corrected chi connectivity index (χ3v) is 3.17. The highest BCUT2D eigenvalue weighted by Crippen LogP contribution is 2.20. The van der Waals surface area contributed by atoms with Crippen molar-refractivity contribution in [3.8, 4) is 0 Å². The first-order chi connectivity index (χ1) is 10.5. The summed E-state index contributed by atoms with van der Waals surface area (Å²) in [6, 6.07) is 9.94. The van der Waals surface area contributed by atoms with E-state index in [0.717, 1.165) is 0 Å². The Hall–Kier alpha value is -2.60. The molecule has 0 aliphatic heterocycles. The van der Waals surface area contributed by atoms with Crippen LogP contribution in [0.3, 0.4) is 0 Å². The maximum atomic E-state index is 13.6. The number of rotatable bonds is 4. The van der Waals surface area contributed by atoms with Crippen molar-refractivity contribution in [3.63, 3.8) is 0 Å². The van der Waals surface area contributed by atoms with Crippen LogP contribution in [0.4, 0.5) is 20.6 Å². The molecule has 0 saturated carbocycles. The van der Waals surface area contributed by atoms with Crippen LogP contribution < -0.4 is 16.4 Å². The predicted molar refractivity (Wildman–Crippen MR) is 83.4 cm³/mol. The number of anilines is 2. The number of benzene rings is 2. The molecule has 0 atom stereocenters. The molecule has 0 aliphatic carbocycles. The SMILES string of the molecule is NC(=O)Nc1cccc(NC(=O)Cc2c(F)cccc2Cl)c1. The van der Waals surface area contributed by atoms with Gasteiger partial charge >= 0.3 is 6.03 Å². The van der Waals surface area contributed by atoms with Crippen LogP contribution in [0.2, 0.25) is 5.02 Å². The Morgan fingerprint density at radius 1 is 1.09 bits per heavy atom. The fraction of sp³-hybridized carbons (Fsp3) is 0.0667. The zero-order valence-electron chi connectivity index (χ0n) is 11.4. The molecule has 0 aromatic heterocycles. The van der Waals surface area contributed by atoms with E-state index in [1.807, 2.05) is 0 Å². The molecule has 0 spiro atoms. The van der Waals surface area contributed by atoms with Gasteiger partial charge < -0.3 is 16.4 Å². The molecule has 2 aromatic carbocycles. The van der Waals surface area contributed by atoms with E-state index in [4.69, 9.17) is 17.3 Å². The molecular weight excluding hydrogens is 309 g/mol. The summed E-state index contributed by atoms with van der Waals surface area (Å²) in [6.07, 6.45) is -0.195. The van der Waals surface area contributed by atoms with Gasteiger partial charge in [0.05, 0.1) is 6.42 Å². The Bertz CT molecular complexity index is 701. The lowest BCUT2D eigenvalue weighted by Crippen LogP contribution is -2.19. The van der Waals surface area contributed by atoms with Crippen molar-refractivity contribution in [3.05, 3.63) is 58.9 Å². The summed E-state index contributed by atoms with van der Waals surface area (Å²) in [5.41, 5.74) is 6.04. The van der Waals surface area contributed by atoms with Gasteiger partial charge in [-0.2, -0.15) is 0 Å². The number of urea groups is 1. The molecule has 0 aliphatic rings. The highest BCUT2D eigenvalue weighted by molar-refractivity contribution is 6.31. The van der Waals surface area contributed by atoms with Gasteiger partial charge in [0.25, 0.3) is 0 Å². The van der Waals surface area contributed by atoms with Gasteiger partial charge in [-0.25, -0.2) is 9.18 Å². The predicted octanol–water partition coefficient (Wildman–Crippen LogP) is 3.15. The van der Waals surface area contributed by atoms with E-state index in [2.05, 4.69) is 10.6 Å². The van der Waals surface area contributed by atoms with Gasteiger partial charge in [0.1, 0.15) is 5.82 Å². The lowest BCUT2D eigenvalue weighted by molar-refractivity contribution is -0.115. The Morgan fingerprint density at radius 2 is 1.73 bits per heavy atom. The van der Waals surface area contributed by atoms with Crippen LogP contribution in [0.25, 0.3) is 0 Å². The van der Waals surface area contributed by atoms with E-state index >= 15 is 0 Å². The van der Waals surface area contributed by atoms with Crippen LogP contribution in [0, 0.1) is 5.82 Å². The first-order valence-corrected chi connectivity index (χ1v) is 6.73. The second-order valence-corrected chi connectivity index (χ2v) is 4.90. The van der Waals surface area contributed by atoms with E-state index in [-0.39, 0.29) is 17.0 Å². The summed E-state index contributed by atoms with van der Waals surface area (Å²) < 4.78 is 13.6. The van der Waals surface area contributed by atoms with Gasteiger partial charge in [0.15, 0.2) is 0 Å². The molecule has 0 saturated heterocycles. The number of carbonyl (C=O) groups is 2. The molecule has 5 nitrogen and oxygen atoms in total. The zero-order chi connectivity index (χ0) is 16.1. The minimum atomic E-state index is -0.707. The normalized spacial score (nSPS) is 10.1. The van der Waals surface area contributed by atoms with Crippen LogP contribution in [0.1, 0.15) is 5.56 Å². The Kier molecular flexibility index (Phi) is 4.95. The lowest BCUT2D eigenvalue weighted by Gasteiger charge is -2.09. The van der Waals surface area contributed by atoms with Gasteiger partial charge in [0, 0.05) is 22.0 Å². The topological polar surface area (TPSA) is 84.2 Å². The summed E-state index contributed by atoms with van der Waals surface area (Å²) in [6.45, 7) is 0. The molecular formula is C15H13ClFN3O2. The highest BCUT2D eigenvalue weighted by Gasteiger charge is 2.12. The summed E-state index contributed by atoms with van der Waals surface area (Å²) in [5, 5.41) is 5.19. The number of hydrogen-bond acceptors (Lipinski definition) is 2. The average molecular weight is 322 g/mol. The number of nitrogens with two attached hydrogens (primary N) is 1. The third kappa shape index (κ3) is 4.20. The standard InChI is InChI=1S/C15H13ClFN3O2/c16-12-5-2-6-13(17)11(12)8-14(21)19-9-3-1-4-10(7-9)20-15(18)22/h1-7H,8H2,(H,19,21)(H3,18,20,22). The first kappa shape index (κ1) is 15.8. The van der Waals surface area contributed by atoms with Crippen LogP contribution in [-0.4, -0.2) is 11.9 Å². The van der Waals surface area contributed by atoms with Crippen molar-refractivity contribution in [1.82, 2.24) is 0 Å². The summed E-state index contributed by atoms with van der Waals surface area (Å²) in [5.74, 6) is -0.963. The molecule has 114 valence electrons. The van der Waals surface area contributed by atoms with Crippen LogP contribution >= 0.6 is 11.6 Å². The Morgan fingerprint density at radius 3 is 2.36 bits per heavy atom. The van der Waals surface area contributed by atoms with Crippen molar-refractivity contribution in [2.45, 2.75) is 6.42 Å². The number of halogens is 2. The molecule has 4 N–H and O–H groups in total. The van der Waals surface area contributed by atoms with Crippen LogP contribution in [0.5, 0.6) is 0 Å². The smallest absolute Gasteiger partial charge is 0.316 e. The van der Waals surface area contributed by atoms with E-state index in [1.54, 1.807) is 18.2 Å². The van der Waals surface area contributed by atoms with Gasteiger partial charge in [-0.3, -0.25) is 4.79 Å². The highest BCUT2D eigenvalue weighted by atomic mass is 35.5. The number of amides is 3. The Balaban J connectivity index is 2.08. The Labute approximate surface area is 131 Å². The molecule has 0 radical (unpaired) electrons. The molecule has 22 heavy (non-hydrogen) atoms. The fourth-order valence-corrected chi connectivity index (χ4v) is 2.11. The quantitative estimate of drug-likeness (QED) is 0.808. The molecule has 0 fully saturated rings. The number of hydrogen-bond donors (Lipinski definition) is 3. The second-order valence-electron chi connectivity index (χ2n) is 4.50. The fourth-order valence-electron chi connectivity index (χ4n) is 1.88. The summed E-state index contributed by atoms with van der Waals surface area (Å²) in [7, 11) is 0. The van der Waals surface area contributed by atoms with Crippen LogP contribution in [-0.2, 0) is 11.2 Å². The van der Waals surface area contributed by atoms with Crippen molar-refractivity contribution in [2.75, 3.05) is 10.6 Å². The molecule has 7 heteroatoms. The molecule has 2 aromatic rings. The van der Waals surface area contributed by atoms with E-state index < -0.39 is 17.8 Å². The third-order valence-electron chi connectivity index (χ3n) is 2.81. The number of carbonyl (C=O) groups excluding carboxylic acids is 2.